The minimum Gasteiger partial charge on any atom is -0.379 e. The van der Waals surface area contributed by atoms with Crippen LogP contribution in [0.3, 0.4) is 0 Å². The molecule has 1 rings (SSSR count). The number of nitrogens with one attached hydrogen (secondary N) is 1. The second-order valence-electron chi connectivity index (χ2n) is 4.35. The number of nitrogens with zero attached hydrogens (tertiary/aromatic N) is 1. The van der Waals surface area contributed by atoms with Crippen LogP contribution in [0, 0.1) is 16.7 Å². The van der Waals surface area contributed by atoms with Gasteiger partial charge in [-0.25, -0.2) is 0 Å². The summed E-state index contributed by atoms with van der Waals surface area (Å²) in [5.41, 5.74) is -0.777. The lowest BCUT2D eigenvalue weighted by Gasteiger charge is -2.19. The normalized spacial score (nSPS) is 17.4. The molecular weight excluding hydrogens is 216 g/mol. The Bertz CT molecular complexity index is 301. The summed E-state index contributed by atoms with van der Waals surface area (Å²) in [6.45, 7) is 5.18. The summed E-state index contributed by atoms with van der Waals surface area (Å²) in [6, 6.07) is 2.17. The minimum absolute atomic E-state index is 0.134. The van der Waals surface area contributed by atoms with Gasteiger partial charge in [-0.1, -0.05) is 18.9 Å². The molecule has 1 aliphatic rings. The Balaban J connectivity index is 2.20. The van der Waals surface area contributed by atoms with E-state index in [1.807, 2.05) is 0 Å². The lowest BCUT2D eigenvalue weighted by atomic mass is 9.87. The molecule has 1 saturated carbocycles. The minimum atomic E-state index is -0.777. The largest absolute Gasteiger partial charge is 0.379 e. The van der Waals surface area contributed by atoms with Crippen molar-refractivity contribution in [3.63, 3.8) is 0 Å². The van der Waals surface area contributed by atoms with Gasteiger partial charge in [-0.3, -0.25) is 4.79 Å². The van der Waals surface area contributed by atoms with Crippen LogP contribution in [0.25, 0.3) is 0 Å². The van der Waals surface area contributed by atoms with E-state index >= 15 is 0 Å². The van der Waals surface area contributed by atoms with E-state index in [0.717, 1.165) is 19.3 Å². The van der Waals surface area contributed by atoms with Gasteiger partial charge in [0.15, 0.2) is 0 Å². The number of hydrogen-bond acceptors (Lipinski definition) is 3. The van der Waals surface area contributed by atoms with Gasteiger partial charge in [0, 0.05) is 6.54 Å². The van der Waals surface area contributed by atoms with E-state index in [9.17, 15) is 4.79 Å². The molecule has 0 unspecified atom stereocenters. The fourth-order valence-electron chi connectivity index (χ4n) is 2.04. The number of amides is 1. The zero-order valence-corrected chi connectivity index (χ0v) is 10.2. The van der Waals surface area contributed by atoms with Crippen molar-refractivity contribution < 1.29 is 9.53 Å². The van der Waals surface area contributed by atoms with Crippen LogP contribution in [-0.4, -0.2) is 25.7 Å². The number of carbonyl (C=O) groups is 1. The van der Waals surface area contributed by atoms with Crippen molar-refractivity contribution in [2.45, 2.75) is 32.1 Å². The van der Waals surface area contributed by atoms with Crippen molar-refractivity contribution in [2.75, 3.05) is 19.8 Å². The van der Waals surface area contributed by atoms with Crippen LogP contribution < -0.4 is 5.32 Å². The molecule has 0 saturated heterocycles. The summed E-state index contributed by atoms with van der Waals surface area (Å²) in [5, 5.41) is 11.9. The molecule has 0 aromatic carbocycles. The summed E-state index contributed by atoms with van der Waals surface area (Å²) >= 11 is 0. The average Bonchev–Trinajstić information content (AvgIpc) is 2.83. The lowest BCUT2D eigenvalue weighted by molar-refractivity contribution is -0.128. The zero-order valence-electron chi connectivity index (χ0n) is 10.2. The highest BCUT2D eigenvalue weighted by molar-refractivity contribution is 5.85. The van der Waals surface area contributed by atoms with Gasteiger partial charge in [0.2, 0.25) is 5.91 Å². The first kappa shape index (κ1) is 13.7. The highest BCUT2D eigenvalue weighted by Crippen LogP contribution is 2.37. The van der Waals surface area contributed by atoms with Gasteiger partial charge in [-0.15, -0.1) is 6.58 Å². The molecule has 1 aliphatic carbocycles. The summed E-state index contributed by atoms with van der Waals surface area (Å²) in [6.07, 6.45) is 5.92. The van der Waals surface area contributed by atoms with Gasteiger partial charge in [-0.05, 0) is 19.3 Å². The quantitative estimate of drug-likeness (QED) is 0.541. The van der Waals surface area contributed by atoms with Gasteiger partial charge in [0.25, 0.3) is 0 Å². The van der Waals surface area contributed by atoms with Gasteiger partial charge in [0.1, 0.15) is 5.41 Å². The van der Waals surface area contributed by atoms with E-state index < -0.39 is 5.41 Å². The van der Waals surface area contributed by atoms with Crippen molar-refractivity contribution in [1.82, 2.24) is 5.32 Å². The Labute approximate surface area is 103 Å². The maximum Gasteiger partial charge on any atom is 0.240 e. The molecule has 0 spiro atoms. The zero-order chi connectivity index (χ0) is 12.6. The van der Waals surface area contributed by atoms with E-state index in [4.69, 9.17) is 10.00 Å². The lowest BCUT2D eigenvalue weighted by Crippen LogP contribution is -2.39. The molecule has 4 nitrogen and oxygen atoms in total. The van der Waals surface area contributed by atoms with Crippen LogP contribution in [0.4, 0.5) is 0 Å². The van der Waals surface area contributed by atoms with E-state index in [2.05, 4.69) is 18.0 Å². The maximum atomic E-state index is 11.9. The molecule has 1 N–H and O–H groups in total. The van der Waals surface area contributed by atoms with Crippen LogP contribution in [0.1, 0.15) is 32.1 Å². The molecule has 1 amide bonds. The maximum absolute atomic E-state index is 11.9. The first-order valence-electron chi connectivity index (χ1n) is 6.13. The Morgan fingerprint density at radius 1 is 1.47 bits per heavy atom. The van der Waals surface area contributed by atoms with E-state index in [-0.39, 0.29) is 5.91 Å². The molecule has 0 aromatic heterocycles. The third-order valence-corrected chi connectivity index (χ3v) is 3.10. The third-order valence-electron chi connectivity index (χ3n) is 3.10. The monoisotopic (exact) mass is 236 g/mol. The smallest absolute Gasteiger partial charge is 0.240 e. The fourth-order valence-corrected chi connectivity index (χ4v) is 2.04. The molecule has 0 aliphatic heterocycles. The topological polar surface area (TPSA) is 62.1 Å². The molecule has 1 fully saturated rings. The summed E-state index contributed by atoms with van der Waals surface area (Å²) in [7, 11) is 0. The van der Waals surface area contributed by atoms with Gasteiger partial charge < -0.3 is 10.1 Å². The first-order chi connectivity index (χ1) is 8.25. The Hall–Kier alpha value is -1.34. The van der Waals surface area contributed by atoms with Crippen molar-refractivity contribution >= 4 is 5.91 Å². The molecule has 0 radical (unpaired) electrons. The predicted molar refractivity (Wildman–Crippen MR) is 65.2 cm³/mol. The number of nitriles is 1. The standard InChI is InChI=1S/C13H20N2O2/c1-2-3-9-17-10-8-15-12(16)13(11-14)6-4-5-7-13/h2H,1,3-10H2,(H,15,16). The van der Waals surface area contributed by atoms with Crippen LogP contribution in [0.5, 0.6) is 0 Å². The molecule has 0 bridgehead atoms. The van der Waals surface area contributed by atoms with Crippen molar-refractivity contribution in [3.8, 4) is 6.07 Å². The molecule has 0 atom stereocenters. The second-order valence-corrected chi connectivity index (χ2v) is 4.35. The van der Waals surface area contributed by atoms with Crippen molar-refractivity contribution in [1.29, 1.82) is 5.26 Å². The number of rotatable bonds is 7. The van der Waals surface area contributed by atoms with Gasteiger partial charge >= 0.3 is 0 Å². The predicted octanol–water partition coefficient (Wildman–Crippen LogP) is 1.78. The molecule has 4 heteroatoms. The molecule has 0 aromatic rings. The van der Waals surface area contributed by atoms with E-state index in [1.165, 1.54) is 0 Å². The van der Waals surface area contributed by atoms with E-state index in [1.54, 1.807) is 6.08 Å². The number of ether oxygens (including phenoxy) is 1. The number of hydrogen-bond donors (Lipinski definition) is 1. The van der Waals surface area contributed by atoms with Crippen LogP contribution in [0.2, 0.25) is 0 Å². The molecular formula is C13H20N2O2. The third kappa shape index (κ3) is 3.86. The molecule has 17 heavy (non-hydrogen) atoms. The summed E-state index contributed by atoms with van der Waals surface area (Å²) in [4.78, 5) is 11.9. The summed E-state index contributed by atoms with van der Waals surface area (Å²) in [5.74, 6) is -0.134. The Morgan fingerprint density at radius 3 is 2.76 bits per heavy atom. The first-order valence-corrected chi connectivity index (χ1v) is 6.13. The highest BCUT2D eigenvalue weighted by atomic mass is 16.5. The summed E-state index contributed by atoms with van der Waals surface area (Å²) < 4.78 is 5.28. The molecule has 0 heterocycles. The molecule has 94 valence electrons. The second kappa shape index (κ2) is 7.08. The SMILES string of the molecule is C=CCCOCCNC(=O)C1(C#N)CCCC1. The fraction of sp³-hybridized carbons (Fsp3) is 0.692. The van der Waals surface area contributed by atoms with Crippen molar-refractivity contribution in [3.05, 3.63) is 12.7 Å². The highest BCUT2D eigenvalue weighted by Gasteiger charge is 2.41. The van der Waals surface area contributed by atoms with E-state index in [0.29, 0.717) is 32.6 Å². The van der Waals surface area contributed by atoms with Crippen LogP contribution >= 0.6 is 0 Å². The number of carbonyl (C=O) groups excluding carboxylic acids is 1. The Kier molecular flexibility index (Phi) is 5.71. The van der Waals surface area contributed by atoms with Gasteiger partial charge in [-0.2, -0.15) is 5.26 Å². The Morgan fingerprint density at radius 2 is 2.18 bits per heavy atom. The van der Waals surface area contributed by atoms with Gasteiger partial charge in [0.05, 0.1) is 19.3 Å². The average molecular weight is 236 g/mol. The van der Waals surface area contributed by atoms with Crippen molar-refractivity contribution in [2.24, 2.45) is 5.41 Å². The van der Waals surface area contributed by atoms with Crippen LogP contribution in [0.15, 0.2) is 12.7 Å². The van der Waals surface area contributed by atoms with Crippen LogP contribution in [-0.2, 0) is 9.53 Å².